The fourth-order valence-corrected chi connectivity index (χ4v) is 3.56. The monoisotopic (exact) mass is 281 g/mol. The molecule has 1 aromatic rings. The summed E-state index contributed by atoms with van der Waals surface area (Å²) in [6.45, 7) is 0. The Morgan fingerprint density at radius 1 is 1.13 bits per heavy atom. The first-order valence-corrected chi connectivity index (χ1v) is 6.86. The van der Waals surface area contributed by atoms with E-state index in [1.807, 2.05) is 0 Å². The zero-order valence-electron chi connectivity index (χ0n) is 7.97. The first-order chi connectivity index (χ1) is 7.16. The highest BCUT2D eigenvalue weighted by molar-refractivity contribution is 8.00. The normalized spacial score (nSPS) is 17.3. The quantitative estimate of drug-likeness (QED) is 0.702. The zero-order valence-corrected chi connectivity index (χ0v) is 11.1. The Kier molecular flexibility index (Phi) is 4.05. The van der Waals surface area contributed by atoms with Gasteiger partial charge in [0.15, 0.2) is 0 Å². The molecule has 1 aliphatic rings. The van der Waals surface area contributed by atoms with Gasteiger partial charge in [-0.1, -0.05) is 47.6 Å². The highest BCUT2D eigenvalue weighted by atomic mass is 35.5. The van der Waals surface area contributed by atoms with Crippen LogP contribution >= 0.6 is 46.6 Å². The first kappa shape index (κ1) is 11.8. The molecule has 0 spiro atoms. The molecule has 0 saturated heterocycles. The minimum atomic E-state index is 0.335. The van der Waals surface area contributed by atoms with Gasteiger partial charge in [0.25, 0.3) is 0 Å². The van der Waals surface area contributed by atoms with Gasteiger partial charge in [-0.15, -0.1) is 11.8 Å². The summed E-state index contributed by atoms with van der Waals surface area (Å²) in [5, 5.41) is 2.78. The van der Waals surface area contributed by atoms with E-state index in [0.29, 0.717) is 20.4 Å². The van der Waals surface area contributed by atoms with Gasteiger partial charge in [0, 0.05) is 5.25 Å². The van der Waals surface area contributed by atoms with Crippen LogP contribution in [-0.4, -0.2) is 10.2 Å². The van der Waals surface area contributed by atoms with Crippen molar-refractivity contribution in [1.29, 1.82) is 0 Å². The highest BCUT2D eigenvalue weighted by Gasteiger charge is 2.19. The van der Waals surface area contributed by atoms with Crippen molar-refractivity contribution in [3.05, 3.63) is 21.3 Å². The van der Waals surface area contributed by atoms with Crippen LogP contribution in [0.3, 0.4) is 0 Å². The predicted octanol–water partition coefficient (Wildman–Crippen LogP) is 5.08. The van der Waals surface area contributed by atoms with E-state index in [0.717, 1.165) is 5.03 Å². The number of thioether (sulfide) groups is 1. The van der Waals surface area contributed by atoms with E-state index in [1.165, 1.54) is 25.7 Å². The Labute approximate surface area is 109 Å². The molecule has 1 heterocycles. The smallest absolute Gasteiger partial charge is 0.149 e. The van der Waals surface area contributed by atoms with Crippen LogP contribution in [0, 0.1) is 0 Å². The molecule has 1 aromatic heterocycles. The largest absolute Gasteiger partial charge is 0.227 e. The third-order valence-electron chi connectivity index (χ3n) is 2.44. The van der Waals surface area contributed by atoms with E-state index in [-0.39, 0.29) is 0 Å². The second-order valence-electron chi connectivity index (χ2n) is 3.57. The molecule has 82 valence electrons. The molecule has 0 bridgehead atoms. The zero-order chi connectivity index (χ0) is 10.8. The van der Waals surface area contributed by atoms with Crippen molar-refractivity contribution in [3.63, 3.8) is 0 Å². The van der Waals surface area contributed by atoms with Crippen molar-refractivity contribution >= 4 is 46.6 Å². The molecule has 0 amide bonds. The van der Waals surface area contributed by atoms with Crippen LogP contribution in [0.5, 0.6) is 0 Å². The van der Waals surface area contributed by atoms with Crippen LogP contribution < -0.4 is 0 Å². The van der Waals surface area contributed by atoms with Crippen molar-refractivity contribution in [1.82, 2.24) is 4.98 Å². The van der Waals surface area contributed by atoms with Crippen molar-refractivity contribution in [2.24, 2.45) is 0 Å². The molecule has 0 atom stereocenters. The first-order valence-electron chi connectivity index (χ1n) is 4.85. The molecule has 2 rings (SSSR count). The van der Waals surface area contributed by atoms with Crippen LogP contribution in [-0.2, 0) is 0 Å². The fourth-order valence-electron chi connectivity index (χ4n) is 1.68. The second kappa shape index (κ2) is 5.13. The molecule has 1 saturated carbocycles. The van der Waals surface area contributed by atoms with E-state index in [2.05, 4.69) is 4.98 Å². The molecule has 15 heavy (non-hydrogen) atoms. The van der Waals surface area contributed by atoms with Gasteiger partial charge in [-0.3, -0.25) is 0 Å². The minimum absolute atomic E-state index is 0.335. The van der Waals surface area contributed by atoms with Crippen LogP contribution in [0.1, 0.15) is 25.7 Å². The Balaban J connectivity index is 2.16. The summed E-state index contributed by atoms with van der Waals surface area (Å²) < 4.78 is 0. The molecule has 0 unspecified atom stereocenters. The van der Waals surface area contributed by atoms with Crippen LogP contribution in [0.15, 0.2) is 11.1 Å². The average molecular weight is 283 g/mol. The maximum Gasteiger partial charge on any atom is 0.149 e. The van der Waals surface area contributed by atoms with Gasteiger partial charge in [0.05, 0.1) is 10.0 Å². The fraction of sp³-hybridized carbons (Fsp3) is 0.500. The van der Waals surface area contributed by atoms with E-state index < -0.39 is 0 Å². The number of hydrogen-bond acceptors (Lipinski definition) is 2. The number of aromatic nitrogens is 1. The predicted molar refractivity (Wildman–Crippen MR) is 67.4 cm³/mol. The molecule has 0 aliphatic heterocycles. The number of halogens is 3. The number of rotatable bonds is 2. The molecule has 0 N–H and O–H groups in total. The molecule has 5 heteroatoms. The third-order valence-corrected chi connectivity index (χ3v) is 4.85. The van der Waals surface area contributed by atoms with Crippen molar-refractivity contribution in [2.75, 3.05) is 0 Å². The lowest BCUT2D eigenvalue weighted by atomic mass is 10.4. The van der Waals surface area contributed by atoms with E-state index >= 15 is 0 Å². The van der Waals surface area contributed by atoms with Crippen LogP contribution in [0.25, 0.3) is 0 Å². The Morgan fingerprint density at radius 2 is 1.80 bits per heavy atom. The second-order valence-corrected chi connectivity index (χ2v) is 6.03. The van der Waals surface area contributed by atoms with Gasteiger partial charge >= 0.3 is 0 Å². The molecule has 1 fully saturated rings. The van der Waals surface area contributed by atoms with Gasteiger partial charge in [0.1, 0.15) is 10.2 Å². The van der Waals surface area contributed by atoms with Gasteiger partial charge in [-0.05, 0) is 18.9 Å². The highest BCUT2D eigenvalue weighted by Crippen LogP contribution is 2.38. The summed E-state index contributed by atoms with van der Waals surface area (Å²) in [5.74, 6) is 0. The topological polar surface area (TPSA) is 12.9 Å². The summed E-state index contributed by atoms with van der Waals surface area (Å²) in [4.78, 5) is 4.20. The van der Waals surface area contributed by atoms with Crippen LogP contribution in [0.4, 0.5) is 0 Å². The lowest BCUT2D eigenvalue weighted by Crippen LogP contribution is -1.95. The van der Waals surface area contributed by atoms with E-state index in [9.17, 15) is 0 Å². The van der Waals surface area contributed by atoms with Gasteiger partial charge < -0.3 is 0 Å². The number of pyridine rings is 1. The maximum atomic E-state index is 6.05. The Morgan fingerprint density at radius 3 is 2.47 bits per heavy atom. The average Bonchev–Trinajstić information content (AvgIpc) is 2.67. The summed E-state index contributed by atoms with van der Waals surface area (Å²) in [5.41, 5.74) is 0. The SMILES string of the molecule is Clc1cc(Cl)c(SC2CCCC2)nc1Cl. The van der Waals surface area contributed by atoms with Crippen molar-refractivity contribution < 1.29 is 0 Å². The lowest BCUT2D eigenvalue weighted by molar-refractivity contribution is 0.886. The van der Waals surface area contributed by atoms with Crippen molar-refractivity contribution in [2.45, 2.75) is 36.0 Å². The number of nitrogens with zero attached hydrogens (tertiary/aromatic N) is 1. The van der Waals surface area contributed by atoms with Crippen LogP contribution in [0.2, 0.25) is 15.2 Å². The summed E-state index contributed by atoms with van der Waals surface area (Å²) in [6, 6.07) is 1.66. The van der Waals surface area contributed by atoms with Crippen molar-refractivity contribution in [3.8, 4) is 0 Å². The maximum absolute atomic E-state index is 6.05. The molecule has 0 radical (unpaired) electrons. The molecule has 1 aliphatic carbocycles. The molecule has 0 aromatic carbocycles. The third kappa shape index (κ3) is 2.94. The summed E-state index contributed by atoms with van der Waals surface area (Å²) in [6.07, 6.45) is 5.08. The lowest BCUT2D eigenvalue weighted by Gasteiger charge is -2.09. The molecule has 1 nitrogen and oxygen atoms in total. The molecular weight excluding hydrogens is 273 g/mol. The Bertz CT molecular complexity index is 364. The van der Waals surface area contributed by atoms with E-state index in [1.54, 1.807) is 17.8 Å². The standard InChI is InChI=1S/C10H10Cl3NS/c11-7-5-8(12)10(14-9(7)13)15-6-3-1-2-4-6/h5-6H,1-4H2. The van der Waals surface area contributed by atoms with E-state index in [4.69, 9.17) is 34.8 Å². The van der Waals surface area contributed by atoms with Gasteiger partial charge in [-0.25, -0.2) is 4.98 Å². The Hall–Kier alpha value is 0.370. The summed E-state index contributed by atoms with van der Waals surface area (Å²) in [7, 11) is 0. The number of hydrogen-bond donors (Lipinski definition) is 0. The minimum Gasteiger partial charge on any atom is -0.227 e. The van der Waals surface area contributed by atoms with Gasteiger partial charge in [-0.2, -0.15) is 0 Å². The summed E-state index contributed by atoms with van der Waals surface area (Å²) >= 11 is 19.4. The van der Waals surface area contributed by atoms with Gasteiger partial charge in [0.2, 0.25) is 0 Å². The molecular formula is C10H10Cl3NS.